The third-order valence-corrected chi connectivity index (χ3v) is 2.82. The Kier molecular flexibility index (Phi) is 6.61. The normalized spacial score (nSPS) is 11.8. The summed E-state index contributed by atoms with van der Waals surface area (Å²) in [6.07, 6.45) is -0.0808. The van der Waals surface area contributed by atoms with Crippen molar-refractivity contribution < 1.29 is 14.5 Å². The van der Waals surface area contributed by atoms with E-state index in [1.54, 1.807) is 0 Å². The molecule has 0 aromatic heterocycles. The minimum absolute atomic E-state index is 0.0632. The first kappa shape index (κ1) is 16.9. The molecule has 0 heterocycles. The van der Waals surface area contributed by atoms with E-state index in [0.717, 1.165) is 0 Å². The Labute approximate surface area is 123 Å². The van der Waals surface area contributed by atoms with Gasteiger partial charge in [0.2, 0.25) is 0 Å². The van der Waals surface area contributed by atoms with Crippen LogP contribution in [0.25, 0.3) is 0 Å². The summed E-state index contributed by atoms with van der Waals surface area (Å²) in [5.41, 5.74) is 0.635. The first-order chi connectivity index (χ1) is 9.99. The average molecular weight is 295 g/mol. The van der Waals surface area contributed by atoms with Crippen LogP contribution in [-0.2, 0) is 4.74 Å². The van der Waals surface area contributed by atoms with Crippen LogP contribution in [0.2, 0.25) is 0 Å². The maximum Gasteiger partial charge on any atom is 0.292 e. The largest absolute Gasteiger partial charge is 0.377 e. The number of nitro benzene ring substituents is 1. The molecule has 1 amide bonds. The summed E-state index contributed by atoms with van der Waals surface area (Å²) in [6.45, 7) is 7.06. The topological polar surface area (TPSA) is 93.5 Å². The van der Waals surface area contributed by atoms with Gasteiger partial charge in [0.1, 0.15) is 5.69 Å². The molecule has 0 fully saturated rings. The van der Waals surface area contributed by atoms with Gasteiger partial charge in [-0.05, 0) is 32.9 Å². The van der Waals surface area contributed by atoms with Gasteiger partial charge in [0.05, 0.1) is 11.0 Å². The molecule has 0 aliphatic heterocycles. The highest BCUT2D eigenvalue weighted by molar-refractivity contribution is 5.95. The number of benzene rings is 1. The fraction of sp³-hybridized carbons (Fsp3) is 0.500. The van der Waals surface area contributed by atoms with Crippen LogP contribution in [0.5, 0.6) is 0 Å². The third kappa shape index (κ3) is 5.03. The van der Waals surface area contributed by atoms with Gasteiger partial charge in [0.15, 0.2) is 0 Å². The molecule has 1 aromatic carbocycles. The maximum atomic E-state index is 11.8. The van der Waals surface area contributed by atoms with Crippen LogP contribution < -0.4 is 10.6 Å². The molecule has 7 nitrogen and oxygen atoms in total. The monoisotopic (exact) mass is 295 g/mol. The molecule has 0 aliphatic carbocycles. The lowest BCUT2D eigenvalue weighted by molar-refractivity contribution is -0.384. The lowest BCUT2D eigenvalue weighted by Gasteiger charge is -2.14. The number of hydrogen-bond acceptors (Lipinski definition) is 5. The fourth-order valence-electron chi connectivity index (χ4n) is 1.84. The van der Waals surface area contributed by atoms with E-state index in [1.165, 1.54) is 18.2 Å². The molecule has 1 rings (SSSR count). The van der Waals surface area contributed by atoms with Crippen LogP contribution in [0, 0.1) is 10.1 Å². The zero-order chi connectivity index (χ0) is 15.8. The number of amides is 1. The molecule has 2 N–H and O–H groups in total. The quantitative estimate of drug-likeness (QED) is 0.566. The minimum Gasteiger partial charge on any atom is -0.377 e. The summed E-state index contributed by atoms with van der Waals surface area (Å²) < 4.78 is 5.37. The second-order valence-electron chi connectivity index (χ2n) is 4.50. The number of hydrogen-bond donors (Lipinski definition) is 2. The number of nitrogens with one attached hydrogen (secondary N) is 2. The average Bonchev–Trinajstić information content (AvgIpc) is 2.45. The van der Waals surface area contributed by atoms with E-state index < -0.39 is 4.92 Å². The third-order valence-electron chi connectivity index (χ3n) is 2.82. The number of anilines is 1. The Hall–Kier alpha value is -2.15. The first-order valence-corrected chi connectivity index (χ1v) is 6.91. The zero-order valence-corrected chi connectivity index (χ0v) is 12.5. The predicted octanol–water partition coefficient (Wildman–Crippen LogP) is 2.18. The van der Waals surface area contributed by atoms with E-state index in [-0.39, 0.29) is 17.7 Å². The second kappa shape index (κ2) is 8.21. The van der Waals surface area contributed by atoms with Crippen molar-refractivity contribution in [2.24, 2.45) is 0 Å². The SMILES string of the molecule is CCNC(=O)c1ccc([N+](=O)[O-])c(NCC(C)OCC)c1. The van der Waals surface area contributed by atoms with Crippen molar-refractivity contribution >= 4 is 17.3 Å². The van der Waals surface area contributed by atoms with Crippen LogP contribution in [0.3, 0.4) is 0 Å². The Bertz CT molecular complexity index is 505. The van der Waals surface area contributed by atoms with E-state index in [2.05, 4.69) is 10.6 Å². The molecule has 0 radical (unpaired) electrons. The molecule has 0 bridgehead atoms. The lowest BCUT2D eigenvalue weighted by atomic mass is 10.1. The Morgan fingerprint density at radius 2 is 2.14 bits per heavy atom. The Morgan fingerprint density at radius 1 is 1.43 bits per heavy atom. The van der Waals surface area contributed by atoms with E-state index in [1.807, 2.05) is 20.8 Å². The van der Waals surface area contributed by atoms with E-state index in [0.29, 0.717) is 30.9 Å². The van der Waals surface area contributed by atoms with Gasteiger partial charge in [-0.1, -0.05) is 0 Å². The summed E-state index contributed by atoms with van der Waals surface area (Å²) in [5, 5.41) is 16.7. The van der Waals surface area contributed by atoms with Crippen molar-refractivity contribution in [3.8, 4) is 0 Å². The number of ether oxygens (including phenoxy) is 1. The number of carbonyl (C=O) groups is 1. The summed E-state index contributed by atoms with van der Waals surface area (Å²) in [7, 11) is 0. The molecule has 0 aliphatic rings. The second-order valence-corrected chi connectivity index (χ2v) is 4.50. The van der Waals surface area contributed by atoms with Gasteiger partial charge in [-0.3, -0.25) is 14.9 Å². The number of rotatable bonds is 8. The fourth-order valence-corrected chi connectivity index (χ4v) is 1.84. The number of carbonyl (C=O) groups excluding carboxylic acids is 1. The maximum absolute atomic E-state index is 11.8. The highest BCUT2D eigenvalue weighted by atomic mass is 16.6. The van der Waals surface area contributed by atoms with Gasteiger partial charge in [0.25, 0.3) is 11.6 Å². The molecule has 116 valence electrons. The summed E-state index contributed by atoms with van der Waals surface area (Å²) in [6, 6.07) is 4.26. The lowest BCUT2D eigenvalue weighted by Crippen LogP contribution is -2.23. The molecule has 1 atom stereocenters. The van der Waals surface area contributed by atoms with Crippen molar-refractivity contribution in [2.75, 3.05) is 25.0 Å². The smallest absolute Gasteiger partial charge is 0.292 e. The molecule has 7 heteroatoms. The van der Waals surface area contributed by atoms with Gasteiger partial charge in [-0.2, -0.15) is 0 Å². The van der Waals surface area contributed by atoms with Crippen molar-refractivity contribution in [1.29, 1.82) is 0 Å². The van der Waals surface area contributed by atoms with Crippen LogP contribution >= 0.6 is 0 Å². The highest BCUT2D eigenvalue weighted by Crippen LogP contribution is 2.25. The van der Waals surface area contributed by atoms with Gasteiger partial charge < -0.3 is 15.4 Å². The Morgan fingerprint density at radius 3 is 2.71 bits per heavy atom. The Balaban J connectivity index is 2.93. The summed E-state index contributed by atoms with van der Waals surface area (Å²) in [4.78, 5) is 22.3. The van der Waals surface area contributed by atoms with Crippen molar-refractivity contribution in [3.05, 3.63) is 33.9 Å². The van der Waals surface area contributed by atoms with Crippen molar-refractivity contribution in [2.45, 2.75) is 26.9 Å². The number of nitrogens with zero attached hydrogens (tertiary/aromatic N) is 1. The molecule has 1 unspecified atom stereocenters. The van der Waals surface area contributed by atoms with Crippen molar-refractivity contribution in [1.82, 2.24) is 5.32 Å². The van der Waals surface area contributed by atoms with Crippen LogP contribution in [0.1, 0.15) is 31.1 Å². The van der Waals surface area contributed by atoms with Gasteiger partial charge >= 0.3 is 0 Å². The van der Waals surface area contributed by atoms with Gasteiger partial charge in [-0.25, -0.2) is 0 Å². The standard InChI is InChI=1S/C14H21N3O4/c1-4-15-14(18)11-6-7-13(17(19)20)12(8-11)16-9-10(3)21-5-2/h6-8,10,16H,4-5,9H2,1-3H3,(H,15,18). The molecular weight excluding hydrogens is 274 g/mol. The van der Waals surface area contributed by atoms with Crippen molar-refractivity contribution in [3.63, 3.8) is 0 Å². The predicted molar refractivity (Wildman–Crippen MR) is 80.7 cm³/mol. The van der Waals surface area contributed by atoms with Crippen LogP contribution in [-0.4, -0.2) is 36.6 Å². The molecule has 0 saturated carbocycles. The van der Waals surface area contributed by atoms with E-state index in [4.69, 9.17) is 4.74 Å². The summed E-state index contributed by atoms with van der Waals surface area (Å²) in [5.74, 6) is -0.256. The first-order valence-electron chi connectivity index (χ1n) is 6.91. The molecule has 21 heavy (non-hydrogen) atoms. The van der Waals surface area contributed by atoms with Crippen LogP contribution in [0.15, 0.2) is 18.2 Å². The highest BCUT2D eigenvalue weighted by Gasteiger charge is 2.17. The van der Waals surface area contributed by atoms with E-state index >= 15 is 0 Å². The van der Waals surface area contributed by atoms with Gasteiger partial charge in [0, 0.05) is 31.3 Å². The molecule has 0 saturated heterocycles. The minimum atomic E-state index is -0.477. The van der Waals surface area contributed by atoms with E-state index in [9.17, 15) is 14.9 Å². The molecular formula is C14H21N3O4. The molecule has 1 aromatic rings. The number of nitro groups is 1. The van der Waals surface area contributed by atoms with Gasteiger partial charge in [-0.15, -0.1) is 0 Å². The summed E-state index contributed by atoms with van der Waals surface area (Å²) >= 11 is 0. The van der Waals surface area contributed by atoms with Crippen LogP contribution in [0.4, 0.5) is 11.4 Å². The zero-order valence-electron chi connectivity index (χ0n) is 12.5. The molecule has 0 spiro atoms.